The second kappa shape index (κ2) is 6.91. The largest absolute Gasteiger partial charge is 0.355 e. The van der Waals surface area contributed by atoms with E-state index < -0.39 is 11.6 Å². The third-order valence-corrected chi connectivity index (χ3v) is 4.36. The molecule has 1 heterocycles. The highest BCUT2D eigenvalue weighted by Gasteiger charge is 2.50. The number of urea groups is 1. The Kier molecular flexibility index (Phi) is 5.20. The van der Waals surface area contributed by atoms with E-state index in [-0.39, 0.29) is 18.4 Å². The molecule has 118 valence electrons. The summed E-state index contributed by atoms with van der Waals surface area (Å²) in [6.07, 6.45) is 7.36. The Labute approximate surface area is 125 Å². The van der Waals surface area contributed by atoms with Gasteiger partial charge in [0.05, 0.1) is 0 Å². The average Bonchev–Trinajstić information content (AvgIpc) is 2.64. The molecule has 2 aliphatic rings. The summed E-state index contributed by atoms with van der Waals surface area (Å²) >= 11 is 0. The molecule has 0 atom stereocenters. The molecule has 2 fully saturated rings. The van der Waals surface area contributed by atoms with Crippen molar-refractivity contribution < 1.29 is 14.4 Å². The van der Waals surface area contributed by atoms with E-state index in [1.54, 1.807) is 0 Å². The van der Waals surface area contributed by atoms with Crippen molar-refractivity contribution in [3.63, 3.8) is 0 Å². The minimum Gasteiger partial charge on any atom is -0.355 e. The molecule has 21 heavy (non-hydrogen) atoms. The lowest BCUT2D eigenvalue weighted by Gasteiger charge is -2.24. The average molecular weight is 295 g/mol. The summed E-state index contributed by atoms with van der Waals surface area (Å²) in [5.74, 6) is -0.488. The van der Waals surface area contributed by atoms with Crippen molar-refractivity contribution in [2.45, 2.75) is 63.8 Å². The van der Waals surface area contributed by atoms with Crippen molar-refractivity contribution in [1.29, 1.82) is 0 Å². The van der Waals surface area contributed by atoms with E-state index in [9.17, 15) is 14.4 Å². The van der Waals surface area contributed by atoms with Crippen LogP contribution in [0, 0.1) is 0 Å². The molecule has 0 aromatic heterocycles. The maximum absolute atomic E-state index is 12.6. The van der Waals surface area contributed by atoms with Crippen molar-refractivity contribution in [2.24, 2.45) is 0 Å². The fourth-order valence-corrected chi connectivity index (χ4v) is 3.09. The molecule has 6 nitrogen and oxygen atoms in total. The van der Waals surface area contributed by atoms with Crippen molar-refractivity contribution in [1.82, 2.24) is 15.5 Å². The van der Waals surface area contributed by atoms with Crippen LogP contribution in [0.2, 0.25) is 0 Å². The summed E-state index contributed by atoms with van der Waals surface area (Å²) in [6.45, 7) is 2.46. The molecule has 1 aliphatic heterocycles. The molecule has 0 radical (unpaired) electrons. The van der Waals surface area contributed by atoms with Gasteiger partial charge in [0.15, 0.2) is 0 Å². The van der Waals surface area contributed by atoms with Gasteiger partial charge in [-0.3, -0.25) is 14.5 Å². The monoisotopic (exact) mass is 295 g/mol. The smallest absolute Gasteiger partial charge is 0.325 e. The summed E-state index contributed by atoms with van der Waals surface area (Å²) in [6, 6.07) is -0.424. The minimum atomic E-state index is -0.753. The number of carbonyl (C=O) groups is 3. The van der Waals surface area contributed by atoms with Crippen LogP contribution in [0.5, 0.6) is 0 Å². The van der Waals surface area contributed by atoms with Crippen molar-refractivity contribution in [3.8, 4) is 0 Å². The van der Waals surface area contributed by atoms with Crippen LogP contribution in [0.3, 0.4) is 0 Å². The molecule has 0 aromatic carbocycles. The molecule has 2 rings (SSSR count). The van der Waals surface area contributed by atoms with E-state index in [2.05, 4.69) is 10.6 Å². The van der Waals surface area contributed by atoms with E-state index in [0.717, 1.165) is 43.4 Å². The molecule has 1 aliphatic carbocycles. The van der Waals surface area contributed by atoms with Gasteiger partial charge in [-0.2, -0.15) is 0 Å². The fraction of sp³-hybridized carbons (Fsp3) is 0.800. The van der Waals surface area contributed by atoms with Gasteiger partial charge >= 0.3 is 6.03 Å². The van der Waals surface area contributed by atoms with Gasteiger partial charge in [0.2, 0.25) is 5.91 Å². The summed E-state index contributed by atoms with van der Waals surface area (Å²) in [5, 5.41) is 5.58. The summed E-state index contributed by atoms with van der Waals surface area (Å²) in [7, 11) is 0. The third kappa shape index (κ3) is 3.54. The highest BCUT2D eigenvalue weighted by Crippen LogP contribution is 2.32. The maximum Gasteiger partial charge on any atom is 0.325 e. The van der Waals surface area contributed by atoms with Crippen molar-refractivity contribution in [2.75, 3.05) is 13.1 Å². The van der Waals surface area contributed by atoms with Crippen LogP contribution in [0.4, 0.5) is 4.79 Å². The molecule has 6 heteroatoms. The molecule has 0 unspecified atom stereocenters. The van der Waals surface area contributed by atoms with Crippen molar-refractivity contribution in [3.05, 3.63) is 0 Å². The molecule has 1 saturated heterocycles. The molecule has 1 spiro atoms. The number of nitrogens with zero attached hydrogens (tertiary/aromatic N) is 1. The second-order valence-corrected chi connectivity index (χ2v) is 6.02. The molecular weight excluding hydrogens is 270 g/mol. The van der Waals surface area contributed by atoms with E-state index in [0.29, 0.717) is 19.4 Å². The Bertz CT molecular complexity index is 414. The number of amides is 4. The van der Waals surface area contributed by atoms with Gasteiger partial charge in [-0.15, -0.1) is 0 Å². The number of rotatable bonds is 5. The number of nitrogens with one attached hydrogen (secondary N) is 2. The molecule has 1 saturated carbocycles. The number of carbonyl (C=O) groups excluding carboxylic acids is 3. The quantitative estimate of drug-likeness (QED) is 0.596. The van der Waals surface area contributed by atoms with Crippen LogP contribution < -0.4 is 10.6 Å². The first-order valence-electron chi connectivity index (χ1n) is 8.00. The lowest BCUT2D eigenvalue weighted by Crippen LogP contribution is -2.47. The standard InChI is InChI=1S/C15H25N3O3/c1-2-3-10-16-12(19)11-18-13(20)15(17-14(18)21)8-6-4-5-7-9-15/h2-11H2,1H3,(H,16,19)(H,17,21). The first-order valence-corrected chi connectivity index (χ1v) is 8.00. The number of hydrogen-bond acceptors (Lipinski definition) is 3. The topological polar surface area (TPSA) is 78.5 Å². The van der Waals surface area contributed by atoms with Crippen molar-refractivity contribution >= 4 is 17.8 Å². The molecular formula is C15H25N3O3. The number of imide groups is 1. The van der Waals surface area contributed by atoms with E-state index >= 15 is 0 Å². The summed E-state index contributed by atoms with van der Waals surface area (Å²) in [5.41, 5.74) is -0.753. The van der Waals surface area contributed by atoms with Crippen LogP contribution in [-0.2, 0) is 9.59 Å². The van der Waals surface area contributed by atoms with Crippen LogP contribution >= 0.6 is 0 Å². The van der Waals surface area contributed by atoms with Gasteiger partial charge in [0.25, 0.3) is 5.91 Å². The van der Waals surface area contributed by atoms with Gasteiger partial charge in [0.1, 0.15) is 12.1 Å². The van der Waals surface area contributed by atoms with Crippen LogP contribution in [0.25, 0.3) is 0 Å². The van der Waals surface area contributed by atoms with E-state index in [1.807, 2.05) is 6.92 Å². The van der Waals surface area contributed by atoms with E-state index in [1.165, 1.54) is 0 Å². The predicted molar refractivity (Wildman–Crippen MR) is 78.6 cm³/mol. The number of hydrogen-bond donors (Lipinski definition) is 2. The first kappa shape index (κ1) is 15.8. The van der Waals surface area contributed by atoms with Crippen LogP contribution in [0.1, 0.15) is 58.3 Å². The Hall–Kier alpha value is -1.59. The maximum atomic E-state index is 12.6. The zero-order valence-electron chi connectivity index (χ0n) is 12.7. The Morgan fingerprint density at radius 2 is 1.90 bits per heavy atom. The Balaban J connectivity index is 1.96. The second-order valence-electron chi connectivity index (χ2n) is 6.02. The summed E-state index contributed by atoms with van der Waals surface area (Å²) < 4.78 is 0. The van der Waals surface area contributed by atoms with Gasteiger partial charge in [-0.05, 0) is 19.3 Å². The Morgan fingerprint density at radius 3 is 2.52 bits per heavy atom. The van der Waals surface area contributed by atoms with E-state index in [4.69, 9.17) is 0 Å². The van der Waals surface area contributed by atoms with Crippen LogP contribution in [-0.4, -0.2) is 41.4 Å². The zero-order valence-corrected chi connectivity index (χ0v) is 12.7. The molecule has 0 aromatic rings. The lowest BCUT2D eigenvalue weighted by atomic mass is 9.90. The fourth-order valence-electron chi connectivity index (χ4n) is 3.09. The SMILES string of the molecule is CCCCNC(=O)CN1C(=O)NC2(CCCCCC2)C1=O. The summed E-state index contributed by atoms with van der Waals surface area (Å²) in [4.78, 5) is 37.5. The first-order chi connectivity index (χ1) is 10.1. The molecule has 0 bridgehead atoms. The highest BCUT2D eigenvalue weighted by atomic mass is 16.2. The lowest BCUT2D eigenvalue weighted by molar-refractivity contribution is -0.135. The molecule has 4 amide bonds. The van der Waals surface area contributed by atoms with Gasteiger partial charge in [-0.25, -0.2) is 4.79 Å². The van der Waals surface area contributed by atoms with Gasteiger partial charge in [-0.1, -0.05) is 39.0 Å². The predicted octanol–water partition coefficient (Wildman–Crippen LogP) is 1.55. The third-order valence-electron chi connectivity index (χ3n) is 4.36. The van der Waals surface area contributed by atoms with Gasteiger partial charge < -0.3 is 10.6 Å². The minimum absolute atomic E-state index is 0.171. The Morgan fingerprint density at radius 1 is 1.24 bits per heavy atom. The number of unbranched alkanes of at least 4 members (excludes halogenated alkanes) is 1. The highest BCUT2D eigenvalue weighted by molar-refractivity contribution is 6.09. The molecule has 2 N–H and O–H groups in total. The van der Waals surface area contributed by atoms with Crippen LogP contribution in [0.15, 0.2) is 0 Å². The zero-order chi connectivity index (χ0) is 15.3. The normalized spacial score (nSPS) is 21.3. The van der Waals surface area contributed by atoms with Gasteiger partial charge in [0, 0.05) is 6.54 Å².